The maximum absolute atomic E-state index is 11.6. The van der Waals surface area contributed by atoms with Crippen molar-refractivity contribution in [3.8, 4) is 0 Å². The lowest BCUT2D eigenvalue weighted by atomic mass is 10.1. The van der Waals surface area contributed by atoms with E-state index in [2.05, 4.69) is 10.6 Å². The monoisotopic (exact) mass is 258 g/mol. The molecule has 0 heterocycles. The Bertz CT molecular complexity index is 317. The lowest BCUT2D eigenvalue weighted by Gasteiger charge is -2.18. The van der Waals surface area contributed by atoms with Crippen LogP contribution in [0.2, 0.25) is 0 Å². The maximum Gasteiger partial charge on any atom is 0.242 e. The molecule has 104 valence electrons. The number of carbonyl (C=O) groups is 3. The first kappa shape index (κ1) is 16.4. The van der Waals surface area contributed by atoms with Crippen molar-refractivity contribution in [3.63, 3.8) is 0 Å². The van der Waals surface area contributed by atoms with Crippen LogP contribution in [0.4, 0.5) is 0 Å². The first-order chi connectivity index (χ1) is 8.29. The van der Waals surface area contributed by atoms with E-state index in [9.17, 15) is 14.4 Å². The summed E-state index contributed by atoms with van der Waals surface area (Å²) in [6.07, 6.45) is 0. The fourth-order valence-electron chi connectivity index (χ4n) is 1.10. The van der Waals surface area contributed by atoms with Gasteiger partial charge < -0.3 is 21.3 Å². The second kappa shape index (κ2) is 7.65. The van der Waals surface area contributed by atoms with Crippen molar-refractivity contribution in [3.05, 3.63) is 0 Å². The lowest BCUT2D eigenvalue weighted by molar-refractivity contribution is -0.135. The van der Waals surface area contributed by atoms with E-state index < -0.39 is 6.04 Å². The summed E-state index contributed by atoms with van der Waals surface area (Å²) in [5.74, 6) is -0.977. The molecule has 7 heteroatoms. The van der Waals surface area contributed by atoms with Crippen LogP contribution >= 0.6 is 0 Å². The van der Waals surface area contributed by atoms with Crippen LogP contribution in [0.5, 0.6) is 0 Å². The van der Waals surface area contributed by atoms with Crippen molar-refractivity contribution in [2.24, 2.45) is 11.7 Å². The molecular formula is C11H22N4O3. The minimum absolute atomic E-state index is 0.00343. The summed E-state index contributed by atoms with van der Waals surface area (Å²) in [7, 11) is 2.98. The fraction of sp³-hybridized carbons (Fsp3) is 0.727. The van der Waals surface area contributed by atoms with E-state index in [-0.39, 0.29) is 36.7 Å². The Morgan fingerprint density at radius 3 is 2.28 bits per heavy atom. The summed E-state index contributed by atoms with van der Waals surface area (Å²) >= 11 is 0. The van der Waals surface area contributed by atoms with Crippen molar-refractivity contribution in [1.29, 1.82) is 0 Å². The molecule has 0 aliphatic heterocycles. The molecule has 1 atom stereocenters. The molecule has 0 aliphatic rings. The standard InChI is InChI=1S/C11H22N4O3/c1-7(2)10(12)11(18)14-5-9(17)15(4)6-8(16)13-3/h7,10H,5-6,12H2,1-4H3,(H,13,16)(H,14,18)/t10-/m0/s1. The van der Waals surface area contributed by atoms with Crippen LogP contribution in [0, 0.1) is 5.92 Å². The second-order valence-corrected chi connectivity index (χ2v) is 4.41. The topological polar surface area (TPSA) is 105 Å². The molecule has 0 aromatic heterocycles. The third-order valence-corrected chi connectivity index (χ3v) is 2.52. The minimum Gasteiger partial charge on any atom is -0.358 e. The number of likely N-dealkylation sites (N-methyl/N-ethyl adjacent to an activating group) is 2. The molecule has 0 radical (unpaired) electrons. The molecule has 3 amide bonds. The molecule has 0 saturated carbocycles. The third-order valence-electron chi connectivity index (χ3n) is 2.52. The van der Waals surface area contributed by atoms with Gasteiger partial charge in [-0.25, -0.2) is 0 Å². The highest BCUT2D eigenvalue weighted by atomic mass is 16.2. The maximum atomic E-state index is 11.6. The van der Waals surface area contributed by atoms with E-state index in [0.717, 1.165) is 0 Å². The predicted molar refractivity (Wildman–Crippen MR) is 67.5 cm³/mol. The second-order valence-electron chi connectivity index (χ2n) is 4.41. The zero-order chi connectivity index (χ0) is 14.3. The molecule has 0 rings (SSSR count). The van der Waals surface area contributed by atoms with Gasteiger partial charge in [0.25, 0.3) is 0 Å². The Labute approximate surface area is 107 Å². The van der Waals surface area contributed by atoms with Crippen LogP contribution in [-0.4, -0.2) is 55.8 Å². The smallest absolute Gasteiger partial charge is 0.242 e. The molecule has 0 fully saturated rings. The van der Waals surface area contributed by atoms with E-state index in [1.807, 2.05) is 13.8 Å². The van der Waals surface area contributed by atoms with E-state index in [0.29, 0.717) is 0 Å². The highest BCUT2D eigenvalue weighted by Gasteiger charge is 2.19. The fourth-order valence-corrected chi connectivity index (χ4v) is 1.10. The van der Waals surface area contributed by atoms with Gasteiger partial charge in [0.2, 0.25) is 17.7 Å². The number of nitrogens with zero attached hydrogens (tertiary/aromatic N) is 1. The van der Waals surface area contributed by atoms with E-state index in [1.54, 1.807) is 0 Å². The average Bonchev–Trinajstić information content (AvgIpc) is 2.33. The molecule has 0 aromatic rings. The van der Waals surface area contributed by atoms with Crippen molar-refractivity contribution >= 4 is 17.7 Å². The minimum atomic E-state index is -0.637. The molecule has 4 N–H and O–H groups in total. The molecule has 0 bridgehead atoms. The zero-order valence-electron chi connectivity index (χ0n) is 11.3. The lowest BCUT2D eigenvalue weighted by Crippen LogP contribution is -2.48. The van der Waals surface area contributed by atoms with E-state index >= 15 is 0 Å². The molecule has 0 saturated heterocycles. The first-order valence-electron chi connectivity index (χ1n) is 5.77. The molecular weight excluding hydrogens is 236 g/mol. The largest absolute Gasteiger partial charge is 0.358 e. The number of hydrogen-bond donors (Lipinski definition) is 3. The van der Waals surface area contributed by atoms with Gasteiger partial charge in [-0.15, -0.1) is 0 Å². The van der Waals surface area contributed by atoms with Gasteiger partial charge in [0.1, 0.15) is 0 Å². The average molecular weight is 258 g/mol. The normalized spacial score (nSPS) is 11.9. The van der Waals surface area contributed by atoms with Crippen LogP contribution in [0.25, 0.3) is 0 Å². The number of hydrogen-bond acceptors (Lipinski definition) is 4. The highest BCUT2D eigenvalue weighted by Crippen LogP contribution is 1.97. The van der Waals surface area contributed by atoms with Crippen molar-refractivity contribution in [1.82, 2.24) is 15.5 Å². The van der Waals surface area contributed by atoms with Gasteiger partial charge in [-0.3, -0.25) is 14.4 Å². The van der Waals surface area contributed by atoms with Gasteiger partial charge in [0.15, 0.2) is 0 Å². The van der Waals surface area contributed by atoms with Gasteiger partial charge in [-0.1, -0.05) is 13.8 Å². The molecule has 0 aliphatic carbocycles. The summed E-state index contributed by atoms with van der Waals surface area (Å²) in [5, 5.41) is 4.86. The Balaban J connectivity index is 4.10. The number of nitrogens with two attached hydrogens (primary N) is 1. The third kappa shape index (κ3) is 5.62. The molecule has 18 heavy (non-hydrogen) atoms. The number of nitrogens with one attached hydrogen (secondary N) is 2. The van der Waals surface area contributed by atoms with Crippen LogP contribution in [0.3, 0.4) is 0 Å². The summed E-state index contributed by atoms with van der Waals surface area (Å²) in [5.41, 5.74) is 5.62. The van der Waals surface area contributed by atoms with Gasteiger partial charge in [-0.2, -0.15) is 0 Å². The summed E-state index contributed by atoms with van der Waals surface area (Å²) in [6, 6.07) is -0.637. The van der Waals surface area contributed by atoms with Crippen LogP contribution in [0.1, 0.15) is 13.8 Å². The van der Waals surface area contributed by atoms with Crippen molar-refractivity contribution in [2.45, 2.75) is 19.9 Å². The quantitative estimate of drug-likeness (QED) is 0.527. The Morgan fingerprint density at radius 2 is 1.83 bits per heavy atom. The van der Waals surface area contributed by atoms with Crippen molar-refractivity contribution < 1.29 is 14.4 Å². The van der Waals surface area contributed by atoms with Crippen LogP contribution in [-0.2, 0) is 14.4 Å². The van der Waals surface area contributed by atoms with Crippen LogP contribution in [0.15, 0.2) is 0 Å². The number of rotatable bonds is 6. The highest BCUT2D eigenvalue weighted by molar-refractivity contribution is 5.89. The molecule has 0 aromatic carbocycles. The summed E-state index contributed by atoms with van der Waals surface area (Å²) in [4.78, 5) is 35.4. The Kier molecular flexibility index (Phi) is 6.96. The van der Waals surface area contributed by atoms with E-state index in [4.69, 9.17) is 5.73 Å². The van der Waals surface area contributed by atoms with Gasteiger partial charge in [-0.05, 0) is 5.92 Å². The molecule has 0 unspecified atom stereocenters. The molecule has 0 spiro atoms. The Morgan fingerprint density at radius 1 is 1.28 bits per heavy atom. The van der Waals surface area contributed by atoms with Gasteiger partial charge in [0.05, 0.1) is 19.1 Å². The predicted octanol–water partition coefficient (Wildman–Crippen LogP) is -1.71. The van der Waals surface area contributed by atoms with Gasteiger partial charge in [0, 0.05) is 14.1 Å². The zero-order valence-corrected chi connectivity index (χ0v) is 11.3. The summed E-state index contributed by atoms with van der Waals surface area (Å²) in [6.45, 7) is 3.45. The first-order valence-corrected chi connectivity index (χ1v) is 5.77. The van der Waals surface area contributed by atoms with E-state index in [1.165, 1.54) is 19.0 Å². The Hall–Kier alpha value is -1.63. The molecule has 7 nitrogen and oxygen atoms in total. The van der Waals surface area contributed by atoms with Crippen molar-refractivity contribution in [2.75, 3.05) is 27.2 Å². The van der Waals surface area contributed by atoms with Crippen LogP contribution < -0.4 is 16.4 Å². The number of carbonyl (C=O) groups excluding carboxylic acids is 3. The summed E-state index contributed by atoms with van der Waals surface area (Å²) < 4.78 is 0. The SMILES string of the molecule is CNC(=O)CN(C)C(=O)CNC(=O)[C@@H](N)C(C)C. The number of amides is 3. The van der Waals surface area contributed by atoms with Gasteiger partial charge >= 0.3 is 0 Å².